The zero-order valence-electron chi connectivity index (χ0n) is 14.4. The predicted molar refractivity (Wildman–Crippen MR) is 99.0 cm³/mol. The van der Waals surface area contributed by atoms with E-state index >= 15 is 0 Å². The Morgan fingerprint density at radius 3 is 2.29 bits per heavy atom. The van der Waals surface area contributed by atoms with Crippen molar-refractivity contribution in [2.24, 2.45) is 0 Å². The van der Waals surface area contributed by atoms with Crippen LogP contribution in [-0.2, 0) is 6.54 Å². The van der Waals surface area contributed by atoms with Crippen molar-refractivity contribution in [1.82, 2.24) is 10.2 Å². The maximum atomic E-state index is 12.1. The van der Waals surface area contributed by atoms with Crippen molar-refractivity contribution in [3.63, 3.8) is 0 Å². The number of anilines is 1. The van der Waals surface area contributed by atoms with Gasteiger partial charge in [0.1, 0.15) is 0 Å². The first-order chi connectivity index (χ1) is 11.6. The summed E-state index contributed by atoms with van der Waals surface area (Å²) in [5, 5.41) is 2.81. The summed E-state index contributed by atoms with van der Waals surface area (Å²) in [5.74, 6) is 5.97. The second-order valence-electron chi connectivity index (χ2n) is 5.74. The maximum Gasteiger partial charge on any atom is 0.318 e. The molecule has 2 amide bonds. The molecule has 1 N–H and O–H groups in total. The summed E-state index contributed by atoms with van der Waals surface area (Å²) in [5.41, 5.74) is 3.18. The maximum absolute atomic E-state index is 12.1. The molecule has 0 aromatic heterocycles. The Morgan fingerprint density at radius 2 is 1.67 bits per heavy atom. The first-order valence-corrected chi connectivity index (χ1v) is 7.85. The largest absolute Gasteiger partial charge is 0.378 e. The standard InChI is InChI=1S/C20H23N3O/c1-22(2)19-13-11-18(12-14-19)16-23(3)20(24)21-15-7-10-17-8-5-4-6-9-17/h4-6,8-9,11-14H,15-16H2,1-3H3,(H,21,24). The third-order valence-corrected chi connectivity index (χ3v) is 3.55. The van der Waals surface area contributed by atoms with E-state index < -0.39 is 0 Å². The number of rotatable bonds is 4. The van der Waals surface area contributed by atoms with Gasteiger partial charge >= 0.3 is 6.03 Å². The third-order valence-electron chi connectivity index (χ3n) is 3.55. The fraction of sp³-hybridized carbons (Fsp3) is 0.250. The van der Waals surface area contributed by atoms with E-state index in [4.69, 9.17) is 0 Å². The number of benzene rings is 2. The molecule has 0 saturated heterocycles. The molecule has 0 spiro atoms. The Labute approximate surface area is 144 Å². The van der Waals surface area contributed by atoms with Crippen molar-refractivity contribution in [1.29, 1.82) is 0 Å². The Balaban J connectivity index is 1.81. The zero-order valence-corrected chi connectivity index (χ0v) is 14.4. The van der Waals surface area contributed by atoms with Crippen LogP contribution in [0.5, 0.6) is 0 Å². The van der Waals surface area contributed by atoms with Crippen molar-refractivity contribution in [3.05, 3.63) is 65.7 Å². The molecule has 0 aliphatic rings. The number of amides is 2. The molecule has 0 saturated carbocycles. The molecule has 0 atom stereocenters. The first-order valence-electron chi connectivity index (χ1n) is 7.85. The van der Waals surface area contributed by atoms with Gasteiger partial charge in [-0.2, -0.15) is 0 Å². The van der Waals surface area contributed by atoms with E-state index in [1.807, 2.05) is 73.6 Å². The van der Waals surface area contributed by atoms with Crippen LogP contribution in [0.15, 0.2) is 54.6 Å². The SMILES string of the molecule is CN(Cc1ccc(N(C)C)cc1)C(=O)NCC#Cc1ccccc1. The van der Waals surface area contributed by atoms with Gasteiger partial charge in [-0.25, -0.2) is 4.79 Å². The molecule has 4 heteroatoms. The molecule has 0 radical (unpaired) electrons. The van der Waals surface area contributed by atoms with Crippen molar-refractivity contribution in [2.75, 3.05) is 32.6 Å². The lowest BCUT2D eigenvalue weighted by Crippen LogP contribution is -2.36. The van der Waals surface area contributed by atoms with E-state index in [-0.39, 0.29) is 6.03 Å². The highest BCUT2D eigenvalue weighted by Gasteiger charge is 2.07. The second kappa shape index (κ2) is 8.64. The van der Waals surface area contributed by atoms with Gasteiger partial charge in [0.25, 0.3) is 0 Å². The Morgan fingerprint density at radius 1 is 1.00 bits per heavy atom. The summed E-state index contributed by atoms with van der Waals surface area (Å²) in [7, 11) is 5.79. The number of carbonyl (C=O) groups excluding carboxylic acids is 1. The summed E-state index contributed by atoms with van der Waals surface area (Å²) < 4.78 is 0. The smallest absolute Gasteiger partial charge is 0.318 e. The number of hydrogen-bond donors (Lipinski definition) is 1. The highest BCUT2D eigenvalue weighted by molar-refractivity contribution is 5.74. The van der Waals surface area contributed by atoms with Gasteiger partial charge in [0.05, 0.1) is 6.54 Å². The van der Waals surface area contributed by atoms with Gasteiger partial charge in [0, 0.05) is 38.9 Å². The van der Waals surface area contributed by atoms with E-state index in [0.717, 1.165) is 16.8 Å². The third kappa shape index (κ3) is 5.36. The molecule has 124 valence electrons. The van der Waals surface area contributed by atoms with Crippen molar-refractivity contribution in [2.45, 2.75) is 6.54 Å². The average molecular weight is 321 g/mol. The molecule has 2 aromatic carbocycles. The highest BCUT2D eigenvalue weighted by atomic mass is 16.2. The van der Waals surface area contributed by atoms with Crippen LogP contribution in [-0.4, -0.2) is 38.6 Å². The molecule has 2 aromatic rings. The van der Waals surface area contributed by atoms with Crippen LogP contribution in [0.1, 0.15) is 11.1 Å². The van der Waals surface area contributed by atoms with Gasteiger partial charge in [0.2, 0.25) is 0 Å². The van der Waals surface area contributed by atoms with Gasteiger partial charge in [-0.1, -0.05) is 42.2 Å². The van der Waals surface area contributed by atoms with E-state index in [2.05, 4.69) is 17.2 Å². The number of hydrogen-bond acceptors (Lipinski definition) is 2. The predicted octanol–water partition coefficient (Wildman–Crippen LogP) is 2.95. The number of urea groups is 1. The first kappa shape index (κ1) is 17.4. The van der Waals surface area contributed by atoms with Crippen LogP contribution < -0.4 is 10.2 Å². The molecule has 0 unspecified atom stereocenters. The van der Waals surface area contributed by atoms with Gasteiger partial charge in [-0.15, -0.1) is 0 Å². The normalized spacial score (nSPS) is 9.62. The van der Waals surface area contributed by atoms with Crippen molar-refractivity contribution >= 4 is 11.7 Å². The molecule has 2 rings (SSSR count). The van der Waals surface area contributed by atoms with Crippen LogP contribution in [0.25, 0.3) is 0 Å². The molecule has 0 fully saturated rings. The van der Waals surface area contributed by atoms with E-state index in [1.165, 1.54) is 0 Å². The molecular formula is C20H23N3O. The minimum Gasteiger partial charge on any atom is -0.378 e. The summed E-state index contributed by atoms with van der Waals surface area (Å²) in [6.45, 7) is 0.892. The lowest BCUT2D eigenvalue weighted by Gasteiger charge is -2.18. The van der Waals surface area contributed by atoms with Crippen LogP contribution in [0.3, 0.4) is 0 Å². The van der Waals surface area contributed by atoms with E-state index in [9.17, 15) is 4.79 Å². The van der Waals surface area contributed by atoms with Crippen LogP contribution in [0.4, 0.5) is 10.5 Å². The Hall–Kier alpha value is -2.93. The fourth-order valence-corrected chi connectivity index (χ4v) is 2.17. The van der Waals surface area contributed by atoms with Crippen LogP contribution in [0, 0.1) is 11.8 Å². The van der Waals surface area contributed by atoms with Crippen LogP contribution in [0.2, 0.25) is 0 Å². The average Bonchev–Trinajstić information content (AvgIpc) is 2.60. The van der Waals surface area contributed by atoms with Gasteiger partial charge < -0.3 is 15.1 Å². The summed E-state index contributed by atoms with van der Waals surface area (Å²) >= 11 is 0. The fourth-order valence-electron chi connectivity index (χ4n) is 2.17. The number of nitrogens with one attached hydrogen (secondary N) is 1. The Kier molecular flexibility index (Phi) is 6.27. The topological polar surface area (TPSA) is 35.6 Å². The number of carbonyl (C=O) groups is 1. The minimum atomic E-state index is -0.131. The second-order valence-corrected chi connectivity index (χ2v) is 5.74. The molecule has 4 nitrogen and oxygen atoms in total. The van der Waals surface area contributed by atoms with E-state index in [1.54, 1.807) is 11.9 Å². The van der Waals surface area contributed by atoms with Crippen molar-refractivity contribution < 1.29 is 4.79 Å². The Bertz CT molecular complexity index is 712. The van der Waals surface area contributed by atoms with Crippen molar-refractivity contribution in [3.8, 4) is 11.8 Å². The lowest BCUT2D eigenvalue weighted by atomic mass is 10.2. The molecule has 0 bridgehead atoms. The lowest BCUT2D eigenvalue weighted by molar-refractivity contribution is 0.208. The summed E-state index contributed by atoms with van der Waals surface area (Å²) in [4.78, 5) is 15.8. The quantitative estimate of drug-likeness (QED) is 0.879. The molecule has 0 aliphatic heterocycles. The van der Waals surface area contributed by atoms with Gasteiger partial charge in [-0.05, 0) is 29.8 Å². The van der Waals surface area contributed by atoms with Gasteiger partial charge in [-0.3, -0.25) is 0 Å². The summed E-state index contributed by atoms with van der Waals surface area (Å²) in [6.07, 6.45) is 0. The molecule has 24 heavy (non-hydrogen) atoms. The molecular weight excluding hydrogens is 298 g/mol. The minimum absolute atomic E-state index is 0.131. The highest BCUT2D eigenvalue weighted by Crippen LogP contribution is 2.13. The zero-order chi connectivity index (χ0) is 17.4. The van der Waals surface area contributed by atoms with Crippen LogP contribution >= 0.6 is 0 Å². The number of nitrogens with zero attached hydrogens (tertiary/aromatic N) is 2. The van der Waals surface area contributed by atoms with Gasteiger partial charge in [0.15, 0.2) is 0 Å². The summed E-state index contributed by atoms with van der Waals surface area (Å²) in [6, 6.07) is 17.8. The molecule has 0 heterocycles. The molecule has 0 aliphatic carbocycles. The van der Waals surface area contributed by atoms with E-state index in [0.29, 0.717) is 13.1 Å². The monoisotopic (exact) mass is 321 g/mol.